The smallest absolute Gasteiger partial charge is 0.248 e. The topological polar surface area (TPSA) is 87.2 Å². The van der Waals surface area contributed by atoms with Crippen LogP contribution in [0.5, 0.6) is 0 Å². The number of rotatable bonds is 5. The molecule has 0 unspecified atom stereocenters. The van der Waals surface area contributed by atoms with Gasteiger partial charge in [0, 0.05) is 32.9 Å². The number of amides is 2. The van der Waals surface area contributed by atoms with Crippen molar-refractivity contribution in [3.63, 3.8) is 0 Å². The first-order valence-corrected chi connectivity index (χ1v) is 10.7. The van der Waals surface area contributed by atoms with Crippen molar-refractivity contribution in [3.8, 4) is 0 Å². The second-order valence-electron chi connectivity index (χ2n) is 7.01. The van der Waals surface area contributed by atoms with Gasteiger partial charge in [0.1, 0.15) is 6.61 Å². The zero-order valence-electron chi connectivity index (χ0n) is 15.6. The molecule has 0 radical (unpaired) electrons. The van der Waals surface area contributed by atoms with E-state index in [1.165, 1.54) is 7.11 Å². The number of para-hydroxylation sites is 1. The van der Waals surface area contributed by atoms with Crippen LogP contribution >= 0.6 is 0 Å². The third-order valence-corrected chi connectivity index (χ3v) is 6.85. The molecule has 2 saturated heterocycles. The number of carbonyl (C=O) groups excluding carboxylic acids is 2. The predicted molar refractivity (Wildman–Crippen MR) is 101 cm³/mol. The molecule has 2 heterocycles. The van der Waals surface area contributed by atoms with E-state index >= 15 is 0 Å². The van der Waals surface area contributed by atoms with Crippen molar-refractivity contribution < 1.29 is 22.7 Å². The lowest BCUT2D eigenvalue weighted by atomic mass is 10.0. The highest BCUT2D eigenvalue weighted by Crippen LogP contribution is 2.27. The SMILES string of the molecule is COCC(=O)N1CCN(C(=O)CN(C)c2ccccc2)[C@H]2CS(=O)(=O)C[C@H]21. The first-order chi connectivity index (χ1) is 12.8. The van der Waals surface area contributed by atoms with Gasteiger partial charge in [-0.25, -0.2) is 8.42 Å². The summed E-state index contributed by atoms with van der Waals surface area (Å²) in [7, 11) is -0.0411. The van der Waals surface area contributed by atoms with Gasteiger partial charge in [0.15, 0.2) is 9.84 Å². The quantitative estimate of drug-likeness (QED) is 0.675. The maximum Gasteiger partial charge on any atom is 0.248 e. The van der Waals surface area contributed by atoms with E-state index in [1.807, 2.05) is 42.3 Å². The molecule has 0 spiro atoms. The van der Waals surface area contributed by atoms with Crippen LogP contribution < -0.4 is 4.90 Å². The highest BCUT2D eigenvalue weighted by Gasteiger charge is 2.49. The largest absolute Gasteiger partial charge is 0.375 e. The second-order valence-corrected chi connectivity index (χ2v) is 9.16. The molecule has 8 nitrogen and oxygen atoms in total. The van der Waals surface area contributed by atoms with Crippen LogP contribution in [0.4, 0.5) is 5.69 Å². The van der Waals surface area contributed by atoms with Crippen LogP contribution in [-0.4, -0.2) is 94.0 Å². The third kappa shape index (κ3) is 4.24. The lowest BCUT2D eigenvalue weighted by molar-refractivity contribution is -0.147. The first kappa shape index (κ1) is 19.6. The molecule has 2 aliphatic rings. The number of piperazine rings is 1. The van der Waals surface area contributed by atoms with Gasteiger partial charge >= 0.3 is 0 Å². The Bertz CT molecular complexity index is 798. The summed E-state index contributed by atoms with van der Waals surface area (Å²) in [6, 6.07) is 8.53. The summed E-state index contributed by atoms with van der Waals surface area (Å²) >= 11 is 0. The molecule has 2 amide bonds. The average Bonchev–Trinajstić information content (AvgIpc) is 2.96. The fourth-order valence-electron chi connectivity index (χ4n) is 3.85. The van der Waals surface area contributed by atoms with Crippen LogP contribution in [0.3, 0.4) is 0 Å². The Labute approximate surface area is 159 Å². The van der Waals surface area contributed by atoms with E-state index in [0.29, 0.717) is 13.1 Å². The summed E-state index contributed by atoms with van der Waals surface area (Å²) in [5, 5.41) is 0. The zero-order valence-corrected chi connectivity index (χ0v) is 16.4. The number of ether oxygens (including phenoxy) is 1. The molecule has 148 valence electrons. The summed E-state index contributed by atoms with van der Waals surface area (Å²) in [6.07, 6.45) is 0. The average molecular weight is 395 g/mol. The normalized spacial score (nSPS) is 23.8. The van der Waals surface area contributed by atoms with E-state index in [1.54, 1.807) is 9.80 Å². The number of carbonyl (C=O) groups is 2. The van der Waals surface area contributed by atoms with Gasteiger partial charge < -0.3 is 19.4 Å². The van der Waals surface area contributed by atoms with Crippen molar-refractivity contribution in [1.82, 2.24) is 9.80 Å². The van der Waals surface area contributed by atoms with E-state index in [9.17, 15) is 18.0 Å². The van der Waals surface area contributed by atoms with E-state index in [-0.39, 0.29) is 36.5 Å². The molecule has 2 aliphatic heterocycles. The Morgan fingerprint density at radius 1 is 1.07 bits per heavy atom. The fraction of sp³-hybridized carbons (Fsp3) is 0.556. The van der Waals surface area contributed by atoms with Gasteiger partial charge in [-0.3, -0.25) is 9.59 Å². The van der Waals surface area contributed by atoms with Crippen molar-refractivity contribution in [1.29, 1.82) is 0 Å². The number of hydrogen-bond acceptors (Lipinski definition) is 6. The predicted octanol–water partition coefficient (Wildman–Crippen LogP) is -0.394. The van der Waals surface area contributed by atoms with E-state index in [4.69, 9.17) is 4.74 Å². The number of sulfone groups is 1. The molecule has 2 fully saturated rings. The Morgan fingerprint density at radius 3 is 2.19 bits per heavy atom. The number of nitrogens with zero attached hydrogens (tertiary/aromatic N) is 3. The van der Waals surface area contributed by atoms with Gasteiger partial charge in [-0.1, -0.05) is 18.2 Å². The maximum atomic E-state index is 12.9. The highest BCUT2D eigenvalue weighted by molar-refractivity contribution is 7.91. The summed E-state index contributed by atoms with van der Waals surface area (Å²) in [4.78, 5) is 30.2. The number of methoxy groups -OCH3 is 1. The van der Waals surface area contributed by atoms with E-state index < -0.39 is 21.9 Å². The third-order valence-electron chi connectivity index (χ3n) is 5.15. The molecular weight excluding hydrogens is 370 g/mol. The monoisotopic (exact) mass is 395 g/mol. The van der Waals surface area contributed by atoms with Crippen LogP contribution in [0.15, 0.2) is 30.3 Å². The van der Waals surface area contributed by atoms with Crippen LogP contribution in [-0.2, 0) is 24.2 Å². The van der Waals surface area contributed by atoms with Crippen LogP contribution in [0.2, 0.25) is 0 Å². The van der Waals surface area contributed by atoms with Gasteiger partial charge in [0.25, 0.3) is 0 Å². The fourth-order valence-corrected chi connectivity index (χ4v) is 5.83. The van der Waals surface area contributed by atoms with Crippen LogP contribution in [0.1, 0.15) is 0 Å². The van der Waals surface area contributed by atoms with Gasteiger partial charge in [0.2, 0.25) is 11.8 Å². The Balaban J connectivity index is 1.75. The molecule has 1 aromatic carbocycles. The summed E-state index contributed by atoms with van der Waals surface area (Å²) in [6.45, 7) is 0.709. The molecule has 0 bridgehead atoms. The number of hydrogen-bond donors (Lipinski definition) is 0. The number of anilines is 1. The Kier molecular flexibility index (Phi) is 5.71. The second kappa shape index (κ2) is 7.85. The maximum absolute atomic E-state index is 12.9. The van der Waals surface area contributed by atoms with Crippen LogP contribution in [0, 0.1) is 0 Å². The highest BCUT2D eigenvalue weighted by atomic mass is 32.2. The lowest BCUT2D eigenvalue weighted by Gasteiger charge is -2.44. The standard InChI is InChI=1S/C18H25N3O5S/c1-19(14-6-4-3-5-7-14)10-17(22)20-8-9-21(18(23)11-26-2)16-13-27(24,25)12-15(16)20/h3-7,15-16H,8-13H2,1-2H3/t15-,16+/m0/s1. The molecule has 2 atom stereocenters. The molecule has 27 heavy (non-hydrogen) atoms. The minimum absolute atomic E-state index is 0.0893. The minimum Gasteiger partial charge on any atom is -0.375 e. The van der Waals surface area contributed by atoms with Gasteiger partial charge in [-0.2, -0.15) is 0 Å². The lowest BCUT2D eigenvalue weighted by Crippen LogP contribution is -2.63. The number of benzene rings is 1. The summed E-state index contributed by atoms with van der Waals surface area (Å²) in [5.41, 5.74) is 0.912. The van der Waals surface area contributed by atoms with Gasteiger partial charge in [0.05, 0.1) is 30.1 Å². The Hall–Kier alpha value is -2.13. The molecule has 9 heteroatoms. The molecule has 0 aromatic heterocycles. The molecule has 0 aliphatic carbocycles. The van der Waals surface area contributed by atoms with Crippen molar-refractivity contribution in [2.45, 2.75) is 12.1 Å². The molecule has 3 rings (SSSR count). The zero-order chi connectivity index (χ0) is 19.6. The Morgan fingerprint density at radius 2 is 1.63 bits per heavy atom. The van der Waals surface area contributed by atoms with Crippen molar-refractivity contribution in [3.05, 3.63) is 30.3 Å². The molecular formula is C18H25N3O5S. The first-order valence-electron chi connectivity index (χ1n) is 8.87. The van der Waals surface area contributed by atoms with Crippen molar-refractivity contribution in [2.24, 2.45) is 0 Å². The van der Waals surface area contributed by atoms with Crippen molar-refractivity contribution >= 4 is 27.3 Å². The number of likely N-dealkylation sites (N-methyl/N-ethyl adjacent to an activating group) is 1. The van der Waals surface area contributed by atoms with Crippen LogP contribution in [0.25, 0.3) is 0 Å². The van der Waals surface area contributed by atoms with E-state index in [2.05, 4.69) is 0 Å². The van der Waals surface area contributed by atoms with Crippen molar-refractivity contribution in [2.75, 3.05) is 56.8 Å². The number of fused-ring (bicyclic) bond motifs is 1. The molecule has 1 aromatic rings. The van der Waals surface area contributed by atoms with Gasteiger partial charge in [-0.05, 0) is 12.1 Å². The molecule has 0 saturated carbocycles. The van der Waals surface area contributed by atoms with E-state index in [0.717, 1.165) is 5.69 Å². The van der Waals surface area contributed by atoms with Gasteiger partial charge in [-0.15, -0.1) is 0 Å². The minimum atomic E-state index is -3.30. The summed E-state index contributed by atoms with van der Waals surface area (Å²) in [5.74, 6) is -0.578. The molecule has 0 N–H and O–H groups in total. The summed E-state index contributed by atoms with van der Waals surface area (Å²) < 4.78 is 29.3.